The number of phenolic OH excluding ortho intramolecular Hbond substituents is 1. The molecule has 4 N–H and O–H groups in total. The summed E-state index contributed by atoms with van der Waals surface area (Å²) in [7, 11) is 0. The molecule has 0 saturated heterocycles. The SMILES string of the molecule is Nc1cc(Br)c(O)c(Br)c1CCC(=O)O. The van der Waals surface area contributed by atoms with Crippen molar-refractivity contribution in [2.45, 2.75) is 12.8 Å². The Bertz CT molecular complexity index is 407. The standard InChI is InChI=1S/C9H9Br2NO3/c10-5-3-6(12)4(1-2-7(13)14)8(11)9(5)15/h3,15H,1-2,12H2,(H,13,14). The van der Waals surface area contributed by atoms with Crippen LogP contribution >= 0.6 is 31.9 Å². The topological polar surface area (TPSA) is 83.5 Å². The van der Waals surface area contributed by atoms with Gasteiger partial charge in [-0.2, -0.15) is 0 Å². The van der Waals surface area contributed by atoms with Gasteiger partial charge in [-0.3, -0.25) is 4.79 Å². The molecule has 1 aromatic carbocycles. The number of nitrogen functional groups attached to an aromatic ring is 1. The highest BCUT2D eigenvalue weighted by Crippen LogP contribution is 2.38. The number of carboxylic acid groups (broad SMARTS) is 1. The lowest BCUT2D eigenvalue weighted by molar-refractivity contribution is -0.136. The third kappa shape index (κ3) is 2.85. The molecule has 0 fully saturated rings. The van der Waals surface area contributed by atoms with Crippen LogP contribution in [0.2, 0.25) is 0 Å². The van der Waals surface area contributed by atoms with Gasteiger partial charge in [0.1, 0.15) is 5.75 Å². The molecule has 0 aromatic heterocycles. The molecule has 0 unspecified atom stereocenters. The Hall–Kier alpha value is -0.750. The third-order valence-electron chi connectivity index (χ3n) is 1.92. The smallest absolute Gasteiger partial charge is 0.303 e. The number of aromatic hydroxyl groups is 1. The summed E-state index contributed by atoms with van der Waals surface area (Å²) in [5, 5.41) is 18.1. The van der Waals surface area contributed by atoms with Crippen LogP contribution < -0.4 is 5.73 Å². The largest absolute Gasteiger partial charge is 0.506 e. The monoisotopic (exact) mass is 337 g/mol. The van der Waals surface area contributed by atoms with Gasteiger partial charge in [-0.05, 0) is 49.9 Å². The number of halogens is 2. The second kappa shape index (κ2) is 4.85. The highest BCUT2D eigenvalue weighted by Gasteiger charge is 2.13. The normalized spacial score (nSPS) is 10.3. The molecule has 4 nitrogen and oxygen atoms in total. The lowest BCUT2D eigenvalue weighted by Gasteiger charge is -2.10. The van der Waals surface area contributed by atoms with E-state index in [1.807, 2.05) is 0 Å². The van der Waals surface area contributed by atoms with Crippen LogP contribution in [0.5, 0.6) is 5.75 Å². The lowest BCUT2D eigenvalue weighted by Crippen LogP contribution is -2.02. The van der Waals surface area contributed by atoms with Crippen molar-refractivity contribution in [3.05, 3.63) is 20.6 Å². The maximum atomic E-state index is 10.4. The molecule has 0 spiro atoms. The number of benzene rings is 1. The second-order valence-electron chi connectivity index (χ2n) is 2.98. The van der Waals surface area contributed by atoms with Crippen molar-refractivity contribution >= 4 is 43.5 Å². The van der Waals surface area contributed by atoms with Crippen LogP contribution in [0.4, 0.5) is 5.69 Å². The number of phenols is 1. The van der Waals surface area contributed by atoms with Gasteiger partial charge in [-0.25, -0.2) is 0 Å². The first kappa shape index (κ1) is 12.3. The van der Waals surface area contributed by atoms with Gasteiger partial charge in [0.15, 0.2) is 0 Å². The molecule has 1 rings (SSSR count). The molecule has 0 aliphatic carbocycles. The van der Waals surface area contributed by atoms with Crippen molar-refractivity contribution in [3.8, 4) is 5.75 Å². The van der Waals surface area contributed by atoms with E-state index in [-0.39, 0.29) is 18.6 Å². The number of hydrogen-bond donors (Lipinski definition) is 3. The minimum Gasteiger partial charge on any atom is -0.506 e. The van der Waals surface area contributed by atoms with Crippen LogP contribution in [0.25, 0.3) is 0 Å². The van der Waals surface area contributed by atoms with Crippen molar-refractivity contribution in [1.29, 1.82) is 0 Å². The Morgan fingerprint density at radius 3 is 2.60 bits per heavy atom. The molecule has 0 amide bonds. The molecule has 6 heteroatoms. The average Bonchev–Trinajstić information content (AvgIpc) is 2.14. The lowest BCUT2D eigenvalue weighted by atomic mass is 10.1. The number of aliphatic carboxylic acids is 1. The van der Waals surface area contributed by atoms with Gasteiger partial charge >= 0.3 is 5.97 Å². The zero-order chi connectivity index (χ0) is 11.6. The van der Waals surface area contributed by atoms with E-state index in [0.717, 1.165) is 0 Å². The second-order valence-corrected chi connectivity index (χ2v) is 4.63. The van der Waals surface area contributed by atoms with Crippen molar-refractivity contribution in [2.75, 3.05) is 5.73 Å². The van der Waals surface area contributed by atoms with Crippen molar-refractivity contribution < 1.29 is 15.0 Å². The van der Waals surface area contributed by atoms with Crippen LogP contribution in [-0.4, -0.2) is 16.2 Å². The van der Waals surface area contributed by atoms with Crippen LogP contribution in [-0.2, 0) is 11.2 Å². The van der Waals surface area contributed by atoms with E-state index in [1.54, 1.807) is 6.07 Å². The van der Waals surface area contributed by atoms with E-state index < -0.39 is 5.97 Å². The highest BCUT2D eigenvalue weighted by atomic mass is 79.9. The molecular formula is C9H9Br2NO3. The Morgan fingerprint density at radius 1 is 1.47 bits per heavy atom. The van der Waals surface area contributed by atoms with E-state index in [2.05, 4.69) is 31.9 Å². The molecule has 0 heterocycles. The zero-order valence-corrected chi connectivity index (χ0v) is 10.8. The minimum absolute atomic E-state index is 0.0239. The van der Waals surface area contributed by atoms with Crippen LogP contribution in [0.3, 0.4) is 0 Å². The van der Waals surface area contributed by atoms with Gasteiger partial charge in [0.05, 0.1) is 8.95 Å². The first-order valence-corrected chi connectivity index (χ1v) is 5.69. The number of carboxylic acids is 1. The Balaban J connectivity index is 3.07. The van der Waals surface area contributed by atoms with E-state index >= 15 is 0 Å². The fourth-order valence-electron chi connectivity index (χ4n) is 1.15. The van der Waals surface area contributed by atoms with E-state index in [1.165, 1.54) is 0 Å². The van der Waals surface area contributed by atoms with E-state index in [4.69, 9.17) is 10.8 Å². The molecule has 0 aliphatic rings. The summed E-state index contributed by atoms with van der Waals surface area (Å²) in [5.74, 6) is -0.867. The van der Waals surface area contributed by atoms with Gasteiger partial charge in [-0.1, -0.05) is 0 Å². The van der Waals surface area contributed by atoms with E-state index in [9.17, 15) is 9.90 Å². The quantitative estimate of drug-likeness (QED) is 0.584. The summed E-state index contributed by atoms with van der Waals surface area (Å²) in [4.78, 5) is 10.4. The fourth-order valence-corrected chi connectivity index (χ4v) is 2.50. The third-order valence-corrected chi connectivity index (χ3v) is 3.38. The maximum absolute atomic E-state index is 10.4. The predicted molar refractivity (Wildman–Crippen MR) is 63.9 cm³/mol. The average molecular weight is 339 g/mol. The van der Waals surface area contributed by atoms with Crippen LogP contribution in [0, 0.1) is 0 Å². The zero-order valence-electron chi connectivity index (χ0n) is 7.63. The Labute approximate surface area is 103 Å². The predicted octanol–water partition coefficient (Wildman–Crippen LogP) is 2.52. The highest BCUT2D eigenvalue weighted by molar-refractivity contribution is 9.11. The minimum atomic E-state index is -0.899. The van der Waals surface area contributed by atoms with Crippen LogP contribution in [0.1, 0.15) is 12.0 Å². The molecule has 0 radical (unpaired) electrons. The van der Waals surface area contributed by atoms with Gasteiger partial charge < -0.3 is 15.9 Å². The summed E-state index contributed by atoms with van der Waals surface area (Å²) in [6, 6.07) is 1.55. The van der Waals surface area contributed by atoms with Gasteiger partial charge in [0.25, 0.3) is 0 Å². The summed E-state index contributed by atoms with van der Waals surface area (Å²) >= 11 is 6.31. The molecule has 0 atom stereocenters. The first-order chi connectivity index (χ1) is 6.93. The number of anilines is 1. The number of nitrogens with two attached hydrogens (primary N) is 1. The van der Waals surface area contributed by atoms with Crippen LogP contribution in [0.15, 0.2) is 15.0 Å². The molecule has 0 bridgehead atoms. The van der Waals surface area contributed by atoms with Gasteiger partial charge in [0.2, 0.25) is 0 Å². The molecule has 0 aliphatic heterocycles. The molecule has 15 heavy (non-hydrogen) atoms. The van der Waals surface area contributed by atoms with Crippen molar-refractivity contribution in [1.82, 2.24) is 0 Å². The van der Waals surface area contributed by atoms with Gasteiger partial charge in [-0.15, -0.1) is 0 Å². The fraction of sp³-hybridized carbons (Fsp3) is 0.222. The summed E-state index contributed by atoms with van der Waals surface area (Å²) in [6.45, 7) is 0. The van der Waals surface area contributed by atoms with E-state index in [0.29, 0.717) is 20.2 Å². The molecule has 1 aromatic rings. The first-order valence-electron chi connectivity index (χ1n) is 4.10. The van der Waals surface area contributed by atoms with Crippen molar-refractivity contribution in [3.63, 3.8) is 0 Å². The summed E-state index contributed by atoms with van der Waals surface area (Å²) in [5.41, 5.74) is 6.77. The number of rotatable bonds is 3. The summed E-state index contributed by atoms with van der Waals surface area (Å²) < 4.78 is 0.918. The molecular weight excluding hydrogens is 330 g/mol. The van der Waals surface area contributed by atoms with Gasteiger partial charge in [0, 0.05) is 12.1 Å². The Kier molecular flexibility index (Phi) is 3.98. The summed E-state index contributed by atoms with van der Waals surface area (Å²) in [6.07, 6.45) is 0.256. The van der Waals surface area contributed by atoms with Crippen molar-refractivity contribution in [2.24, 2.45) is 0 Å². The maximum Gasteiger partial charge on any atom is 0.303 e. The Morgan fingerprint density at radius 2 is 2.07 bits per heavy atom. The number of carbonyl (C=O) groups is 1. The molecule has 82 valence electrons. The molecule has 0 saturated carbocycles. The number of hydrogen-bond acceptors (Lipinski definition) is 3.